The normalized spacial score (nSPS) is 13.0. The molecule has 2 nitrogen and oxygen atoms in total. The van der Waals surface area contributed by atoms with E-state index < -0.39 is 0 Å². The Kier molecular flexibility index (Phi) is 3.13. The Morgan fingerprint density at radius 3 is 2.30 bits per heavy atom. The first-order valence-electron chi connectivity index (χ1n) is 3.37. The van der Waals surface area contributed by atoms with Crippen LogP contribution in [0.15, 0.2) is 16.9 Å². The van der Waals surface area contributed by atoms with Crippen molar-refractivity contribution >= 4 is 6.72 Å². The molecule has 0 atom stereocenters. The number of nitrogens with one attached hydrogen (secondary N) is 1. The fraction of sp³-hybridized carbons (Fsp3) is 0.625. The monoisotopic (exact) mass is 140 g/mol. The highest BCUT2D eigenvalue weighted by atomic mass is 15.3. The molecule has 0 aromatic rings. The molecule has 58 valence electrons. The molecule has 0 unspecified atom stereocenters. The fourth-order valence-corrected chi connectivity index (χ4v) is 0.359. The molecule has 0 amide bonds. The van der Waals surface area contributed by atoms with Gasteiger partial charge in [-0.1, -0.05) is 26.3 Å². The number of hydrazone groups is 1. The quantitative estimate of drug-likeness (QED) is 0.461. The molecular weight excluding hydrogens is 124 g/mol. The second-order valence-corrected chi connectivity index (χ2v) is 3.36. The molecule has 0 aliphatic carbocycles. The zero-order chi connectivity index (χ0) is 8.20. The van der Waals surface area contributed by atoms with Crippen LogP contribution in [-0.4, -0.2) is 6.72 Å². The van der Waals surface area contributed by atoms with Gasteiger partial charge in [0.25, 0.3) is 0 Å². The van der Waals surface area contributed by atoms with Crippen molar-refractivity contribution in [3.05, 3.63) is 11.8 Å². The van der Waals surface area contributed by atoms with Crippen molar-refractivity contribution in [1.29, 1.82) is 0 Å². The van der Waals surface area contributed by atoms with Crippen LogP contribution in [0.5, 0.6) is 0 Å². The van der Waals surface area contributed by atoms with Gasteiger partial charge in [-0.15, -0.1) is 0 Å². The number of hydrogen-bond acceptors (Lipinski definition) is 2. The maximum atomic E-state index is 3.51. The summed E-state index contributed by atoms with van der Waals surface area (Å²) in [5, 5.41) is 3.51. The van der Waals surface area contributed by atoms with Crippen LogP contribution in [0.4, 0.5) is 0 Å². The van der Waals surface area contributed by atoms with E-state index in [1.54, 1.807) is 0 Å². The van der Waals surface area contributed by atoms with Gasteiger partial charge in [-0.3, -0.25) is 5.43 Å². The van der Waals surface area contributed by atoms with Gasteiger partial charge in [0.1, 0.15) is 0 Å². The third-order valence-corrected chi connectivity index (χ3v) is 1.56. The van der Waals surface area contributed by atoms with Crippen LogP contribution in [-0.2, 0) is 0 Å². The van der Waals surface area contributed by atoms with Gasteiger partial charge in [-0.25, -0.2) is 0 Å². The van der Waals surface area contributed by atoms with Gasteiger partial charge >= 0.3 is 0 Å². The number of rotatable bonds is 2. The van der Waals surface area contributed by atoms with Gasteiger partial charge in [-0.05, 0) is 12.3 Å². The number of allylic oxidation sites excluding steroid dienone is 1. The van der Waals surface area contributed by atoms with E-state index in [2.05, 4.69) is 44.9 Å². The fourth-order valence-electron chi connectivity index (χ4n) is 0.359. The van der Waals surface area contributed by atoms with E-state index >= 15 is 0 Å². The lowest BCUT2D eigenvalue weighted by Crippen LogP contribution is -2.09. The summed E-state index contributed by atoms with van der Waals surface area (Å²) in [7, 11) is 0. The lowest BCUT2D eigenvalue weighted by Gasteiger charge is -2.18. The smallest absolute Gasteiger partial charge is 0.0194 e. The molecule has 0 radical (unpaired) electrons. The molecule has 0 aliphatic heterocycles. The van der Waals surface area contributed by atoms with Gasteiger partial charge in [0.15, 0.2) is 0 Å². The van der Waals surface area contributed by atoms with Crippen LogP contribution in [0.1, 0.15) is 27.7 Å². The molecular formula is C8H16N2. The minimum atomic E-state index is 0.220. The van der Waals surface area contributed by atoms with Crippen molar-refractivity contribution in [3.63, 3.8) is 0 Å². The molecule has 2 heteroatoms. The van der Waals surface area contributed by atoms with Crippen LogP contribution in [0.25, 0.3) is 0 Å². The zero-order valence-corrected chi connectivity index (χ0v) is 7.23. The summed E-state index contributed by atoms with van der Waals surface area (Å²) >= 11 is 0. The van der Waals surface area contributed by atoms with E-state index in [4.69, 9.17) is 0 Å². The van der Waals surface area contributed by atoms with Crippen LogP contribution in [0.2, 0.25) is 0 Å². The summed E-state index contributed by atoms with van der Waals surface area (Å²) in [4.78, 5) is 0. The maximum absolute atomic E-state index is 3.51. The van der Waals surface area contributed by atoms with E-state index in [0.29, 0.717) is 0 Å². The standard InChI is InChI=1S/C8H16N2/c1-7(6-10-9-5)8(2,3)4/h6,10H,5H2,1-4H3/b7-6+. The summed E-state index contributed by atoms with van der Waals surface area (Å²) < 4.78 is 0. The van der Waals surface area contributed by atoms with Crippen molar-refractivity contribution in [2.45, 2.75) is 27.7 Å². The molecule has 0 aliphatic rings. The first-order valence-corrected chi connectivity index (χ1v) is 3.37. The highest BCUT2D eigenvalue weighted by Crippen LogP contribution is 2.23. The minimum absolute atomic E-state index is 0.220. The van der Waals surface area contributed by atoms with Gasteiger partial charge in [0.2, 0.25) is 0 Å². The molecule has 0 rings (SSSR count). The van der Waals surface area contributed by atoms with Crippen molar-refractivity contribution in [3.8, 4) is 0 Å². The second-order valence-electron chi connectivity index (χ2n) is 3.36. The molecule has 0 bridgehead atoms. The Bertz CT molecular complexity index is 140. The SMILES string of the molecule is C=NN/C=C(\C)C(C)(C)C. The van der Waals surface area contributed by atoms with Crippen LogP contribution in [0.3, 0.4) is 0 Å². The summed E-state index contributed by atoms with van der Waals surface area (Å²) in [6, 6.07) is 0. The van der Waals surface area contributed by atoms with E-state index in [1.807, 2.05) is 6.20 Å². The first-order chi connectivity index (χ1) is 4.48. The molecule has 0 heterocycles. The average Bonchev–Trinajstić information content (AvgIpc) is 1.80. The molecule has 0 saturated heterocycles. The molecule has 0 spiro atoms. The minimum Gasteiger partial charge on any atom is -0.286 e. The highest BCUT2D eigenvalue weighted by molar-refractivity contribution is 5.22. The Morgan fingerprint density at radius 1 is 1.50 bits per heavy atom. The Hall–Kier alpha value is -0.790. The Morgan fingerprint density at radius 2 is 2.00 bits per heavy atom. The molecule has 0 fully saturated rings. The Labute approximate surface area is 63.0 Å². The predicted molar refractivity (Wildman–Crippen MR) is 45.9 cm³/mol. The molecule has 10 heavy (non-hydrogen) atoms. The van der Waals surface area contributed by atoms with E-state index in [1.165, 1.54) is 5.57 Å². The predicted octanol–water partition coefficient (Wildman–Crippen LogP) is 2.14. The van der Waals surface area contributed by atoms with Crippen LogP contribution < -0.4 is 5.43 Å². The molecule has 0 aromatic carbocycles. The number of nitrogens with zero attached hydrogens (tertiary/aromatic N) is 1. The van der Waals surface area contributed by atoms with Crippen molar-refractivity contribution in [2.24, 2.45) is 10.5 Å². The lowest BCUT2D eigenvalue weighted by atomic mass is 9.88. The number of hydrogen-bond donors (Lipinski definition) is 1. The molecule has 0 aromatic heterocycles. The van der Waals surface area contributed by atoms with Crippen molar-refractivity contribution in [2.75, 3.05) is 0 Å². The zero-order valence-electron chi connectivity index (χ0n) is 7.23. The molecule has 1 N–H and O–H groups in total. The van der Waals surface area contributed by atoms with E-state index in [9.17, 15) is 0 Å². The third-order valence-electron chi connectivity index (χ3n) is 1.56. The highest BCUT2D eigenvalue weighted by Gasteiger charge is 2.11. The van der Waals surface area contributed by atoms with Gasteiger partial charge in [0.05, 0.1) is 0 Å². The summed E-state index contributed by atoms with van der Waals surface area (Å²) in [6.07, 6.45) is 1.87. The van der Waals surface area contributed by atoms with Crippen molar-refractivity contribution in [1.82, 2.24) is 5.43 Å². The maximum Gasteiger partial charge on any atom is 0.0194 e. The van der Waals surface area contributed by atoms with Crippen LogP contribution >= 0.6 is 0 Å². The second kappa shape index (κ2) is 3.40. The van der Waals surface area contributed by atoms with Gasteiger partial charge in [-0.2, -0.15) is 5.10 Å². The average molecular weight is 140 g/mol. The van der Waals surface area contributed by atoms with Crippen LogP contribution in [0, 0.1) is 5.41 Å². The third kappa shape index (κ3) is 3.28. The molecule has 0 saturated carbocycles. The van der Waals surface area contributed by atoms with E-state index in [0.717, 1.165) is 0 Å². The van der Waals surface area contributed by atoms with Crippen molar-refractivity contribution < 1.29 is 0 Å². The largest absolute Gasteiger partial charge is 0.286 e. The summed E-state index contributed by atoms with van der Waals surface area (Å²) in [6.45, 7) is 11.8. The van der Waals surface area contributed by atoms with Gasteiger partial charge in [0, 0.05) is 12.9 Å². The Balaban J connectivity index is 4.05. The summed E-state index contributed by atoms with van der Waals surface area (Å²) in [5.41, 5.74) is 4.19. The van der Waals surface area contributed by atoms with Gasteiger partial charge < -0.3 is 0 Å². The van der Waals surface area contributed by atoms with E-state index in [-0.39, 0.29) is 5.41 Å². The first kappa shape index (κ1) is 9.21. The topological polar surface area (TPSA) is 24.4 Å². The lowest BCUT2D eigenvalue weighted by molar-refractivity contribution is 0.499. The summed E-state index contributed by atoms with van der Waals surface area (Å²) in [5.74, 6) is 0.